The van der Waals surface area contributed by atoms with Gasteiger partial charge in [0.2, 0.25) is 16.6 Å². The summed E-state index contributed by atoms with van der Waals surface area (Å²) in [5.74, 6) is -2.60. The summed E-state index contributed by atoms with van der Waals surface area (Å²) in [5, 5.41) is 0. The van der Waals surface area contributed by atoms with Gasteiger partial charge in [0.1, 0.15) is 18.8 Å². The summed E-state index contributed by atoms with van der Waals surface area (Å²) in [6.07, 6.45) is -5.61. The van der Waals surface area contributed by atoms with E-state index < -0.39 is 77.1 Å². The fourth-order valence-corrected chi connectivity index (χ4v) is 21.1. The van der Waals surface area contributed by atoms with Gasteiger partial charge in [-0.15, -0.1) is 0 Å². The van der Waals surface area contributed by atoms with Crippen molar-refractivity contribution in [3.63, 3.8) is 0 Å². The van der Waals surface area contributed by atoms with Gasteiger partial charge < -0.3 is 32.5 Å². The van der Waals surface area contributed by atoms with Crippen LogP contribution in [0, 0.1) is 0 Å². The van der Waals surface area contributed by atoms with E-state index in [0.717, 1.165) is 23.1 Å². The van der Waals surface area contributed by atoms with Crippen LogP contribution in [0.5, 0.6) is 0 Å². The normalized spacial score (nSPS) is 20.4. The first kappa shape index (κ1) is 52.0. The zero-order chi connectivity index (χ0) is 46.1. The third kappa shape index (κ3) is 12.2. The molecular formula is C48H76O11Si2. The molecule has 1 saturated heterocycles. The van der Waals surface area contributed by atoms with Crippen molar-refractivity contribution in [3.05, 3.63) is 70.3 Å². The van der Waals surface area contributed by atoms with E-state index in [2.05, 4.69) is 114 Å². The summed E-state index contributed by atoms with van der Waals surface area (Å²) < 4.78 is 44.8. The zero-order valence-electron chi connectivity index (χ0n) is 40.1. The molecule has 3 rings (SSSR count). The highest BCUT2D eigenvalue weighted by atomic mass is 28.4. The molecule has 1 fully saturated rings. The van der Waals surface area contributed by atoms with Gasteiger partial charge in [0, 0.05) is 27.7 Å². The summed E-state index contributed by atoms with van der Waals surface area (Å²) in [6, 6.07) is 14.6. The van der Waals surface area contributed by atoms with E-state index in [0.29, 0.717) is 28.8 Å². The summed E-state index contributed by atoms with van der Waals surface area (Å²) in [4.78, 5) is 50.2. The van der Waals surface area contributed by atoms with Crippen LogP contribution in [0.3, 0.4) is 0 Å². The van der Waals surface area contributed by atoms with Crippen LogP contribution in [0.4, 0.5) is 0 Å². The zero-order valence-corrected chi connectivity index (χ0v) is 42.1. The van der Waals surface area contributed by atoms with E-state index in [1.54, 1.807) is 0 Å². The van der Waals surface area contributed by atoms with Crippen molar-refractivity contribution >= 4 is 40.5 Å². The molecule has 1 unspecified atom stereocenters. The Hall–Kier alpha value is -3.37. The number of carbonyl (C=O) groups excluding carboxylic acids is 4. The molecule has 1 aliphatic heterocycles. The van der Waals surface area contributed by atoms with Crippen molar-refractivity contribution in [2.75, 3.05) is 6.61 Å². The van der Waals surface area contributed by atoms with Gasteiger partial charge >= 0.3 is 23.9 Å². The highest BCUT2D eigenvalue weighted by Gasteiger charge is 2.53. The molecule has 342 valence electrons. The molecule has 0 radical (unpaired) electrons. The lowest BCUT2D eigenvalue weighted by atomic mass is 9.87. The first-order chi connectivity index (χ1) is 28.4. The molecule has 6 atom stereocenters. The number of rotatable bonds is 20. The van der Waals surface area contributed by atoms with Crippen molar-refractivity contribution in [1.29, 1.82) is 0 Å². The molecule has 0 bridgehead atoms. The predicted molar refractivity (Wildman–Crippen MR) is 243 cm³/mol. The van der Waals surface area contributed by atoms with E-state index in [1.807, 2.05) is 18.2 Å². The van der Waals surface area contributed by atoms with Crippen LogP contribution in [0.2, 0.25) is 33.2 Å². The van der Waals surface area contributed by atoms with Gasteiger partial charge in [0.25, 0.3) is 0 Å². The molecule has 0 spiro atoms. The van der Waals surface area contributed by atoms with Crippen LogP contribution in [-0.2, 0) is 64.7 Å². The molecule has 11 nitrogen and oxygen atoms in total. The molecule has 61 heavy (non-hydrogen) atoms. The minimum atomic E-state index is -2.58. The average Bonchev–Trinajstić information content (AvgIpc) is 3.15. The van der Waals surface area contributed by atoms with Gasteiger partial charge in [-0.2, -0.15) is 0 Å². The molecular weight excluding hydrogens is 809 g/mol. The number of ether oxygens (including phenoxy) is 5. The van der Waals surface area contributed by atoms with Crippen LogP contribution in [0.15, 0.2) is 42.5 Å². The van der Waals surface area contributed by atoms with Crippen LogP contribution >= 0.6 is 0 Å². The average molecular weight is 885 g/mol. The molecule has 1 aliphatic rings. The third-order valence-corrected chi connectivity index (χ3v) is 24.8. The van der Waals surface area contributed by atoms with Gasteiger partial charge in [-0.05, 0) is 73.6 Å². The topological polar surface area (TPSA) is 133 Å². The minimum Gasteiger partial charge on any atom is -0.463 e. The van der Waals surface area contributed by atoms with Crippen molar-refractivity contribution in [1.82, 2.24) is 0 Å². The molecule has 2 aromatic carbocycles. The lowest BCUT2D eigenvalue weighted by Gasteiger charge is -2.46. The van der Waals surface area contributed by atoms with E-state index in [9.17, 15) is 19.2 Å². The smallest absolute Gasteiger partial charge is 0.303 e. The Labute approximate surface area is 368 Å². The number of carbonyl (C=O) groups is 4. The largest absolute Gasteiger partial charge is 0.463 e. The predicted octanol–water partition coefficient (Wildman–Crippen LogP) is 11.0. The van der Waals surface area contributed by atoms with Gasteiger partial charge in [-0.3, -0.25) is 19.2 Å². The minimum absolute atomic E-state index is 0.274. The summed E-state index contributed by atoms with van der Waals surface area (Å²) in [7, 11) is -4.94. The maximum atomic E-state index is 12.9. The molecule has 0 N–H and O–H groups in total. The van der Waals surface area contributed by atoms with E-state index in [4.69, 9.17) is 32.5 Å². The number of hydrogen-bond donors (Lipinski definition) is 0. The maximum Gasteiger partial charge on any atom is 0.303 e. The number of aryl methyl sites for hydroxylation is 1. The second-order valence-corrected chi connectivity index (χ2v) is 29.5. The number of hydrogen-bond acceptors (Lipinski definition) is 11. The number of benzene rings is 2. The molecule has 0 aromatic heterocycles. The first-order valence-electron chi connectivity index (χ1n) is 22.3. The number of esters is 4. The lowest BCUT2D eigenvalue weighted by Crippen LogP contribution is -2.59. The van der Waals surface area contributed by atoms with Crippen LogP contribution < -0.4 is 0 Å². The highest BCUT2D eigenvalue weighted by molar-refractivity contribution is 6.78. The monoisotopic (exact) mass is 884 g/mol. The first-order valence-corrected chi connectivity index (χ1v) is 26.6. The SMILES string of the molecule is CCc1ccc(C(O[Si](C(C)C)(C(C)C)C(C)C)c2cc([C@@H]3O[C@H](COC(C)=O)[C@@H](OC(C)=O)[C@H](OC(C)=O)[C@H]3OC(C)=O)ccc2CO[Si](C(C)C)(C(C)C)C(C)C)cc1. The fourth-order valence-electron chi connectivity index (χ4n) is 10.2. The maximum absolute atomic E-state index is 12.9. The van der Waals surface area contributed by atoms with Gasteiger partial charge in [-0.25, -0.2) is 0 Å². The van der Waals surface area contributed by atoms with Crippen LogP contribution in [-0.4, -0.2) is 71.5 Å². The Kier molecular flexibility index (Phi) is 19.0. The summed E-state index contributed by atoms with van der Waals surface area (Å²) in [5.41, 5.74) is 6.51. The molecule has 2 aromatic rings. The van der Waals surface area contributed by atoms with E-state index in [1.165, 1.54) is 33.3 Å². The van der Waals surface area contributed by atoms with Crippen molar-refractivity contribution < 1.29 is 51.7 Å². The van der Waals surface area contributed by atoms with Crippen LogP contribution in [0.1, 0.15) is 158 Å². The Balaban J connectivity index is 2.50. The van der Waals surface area contributed by atoms with Crippen molar-refractivity contribution in [2.45, 2.75) is 201 Å². The Morgan fingerprint density at radius 1 is 0.607 bits per heavy atom. The van der Waals surface area contributed by atoms with Crippen molar-refractivity contribution in [3.8, 4) is 0 Å². The van der Waals surface area contributed by atoms with Gasteiger partial charge in [0.15, 0.2) is 18.3 Å². The second-order valence-electron chi connectivity index (χ2n) is 18.6. The second kappa shape index (κ2) is 22.3. The Morgan fingerprint density at radius 2 is 1.08 bits per heavy atom. The summed E-state index contributed by atoms with van der Waals surface area (Å²) >= 11 is 0. The standard InChI is InChI=1S/C48H76O11Si2/c1-18-38-19-21-39(22-20-38)44(59-61(31(8)9,32(10)11)33(12)13)42-25-40(23-24-41(42)26-54-60(28(2)3,29(4)5)30(6)7)45-47(56-36(16)51)48(57-37(17)52)46(55-35(15)50)43(58-45)27-53-34(14)49/h19-25,28-33,43-48H,18,26-27H2,1-17H3/t43-,44?,45+,46-,47+,48+/m1/s1. The molecule has 0 aliphatic carbocycles. The lowest BCUT2D eigenvalue weighted by molar-refractivity contribution is -0.254. The van der Waals surface area contributed by atoms with Gasteiger partial charge in [0.05, 0.1) is 12.7 Å². The molecule has 0 amide bonds. The summed E-state index contributed by atoms with van der Waals surface area (Å²) in [6.45, 7) is 34.4. The quantitative estimate of drug-likeness (QED) is 0.0715. The highest BCUT2D eigenvalue weighted by Crippen LogP contribution is 2.49. The molecule has 1 heterocycles. The van der Waals surface area contributed by atoms with Gasteiger partial charge in [-0.1, -0.05) is 126 Å². The van der Waals surface area contributed by atoms with E-state index in [-0.39, 0.29) is 23.2 Å². The van der Waals surface area contributed by atoms with E-state index >= 15 is 0 Å². The fraction of sp³-hybridized carbons (Fsp3) is 0.667. The van der Waals surface area contributed by atoms with Crippen molar-refractivity contribution in [2.24, 2.45) is 0 Å². The molecule has 13 heteroatoms. The molecule has 0 saturated carbocycles. The Morgan fingerprint density at radius 3 is 1.52 bits per heavy atom. The van der Waals surface area contributed by atoms with Crippen LogP contribution in [0.25, 0.3) is 0 Å². The Bertz CT molecular complexity index is 1730. The third-order valence-electron chi connectivity index (χ3n) is 12.7.